The van der Waals surface area contributed by atoms with Crippen molar-refractivity contribution < 1.29 is 4.74 Å². The Kier molecular flexibility index (Phi) is 4.67. The minimum atomic E-state index is 0.275. The van der Waals surface area contributed by atoms with E-state index in [0.717, 1.165) is 34.3 Å². The van der Waals surface area contributed by atoms with Crippen molar-refractivity contribution >= 4 is 31.9 Å². The van der Waals surface area contributed by atoms with Crippen molar-refractivity contribution in [1.29, 1.82) is 0 Å². The summed E-state index contributed by atoms with van der Waals surface area (Å²) in [5, 5.41) is 3.58. The molecule has 110 valence electrons. The van der Waals surface area contributed by atoms with Crippen LogP contribution >= 0.6 is 31.9 Å². The minimum absolute atomic E-state index is 0.275. The molecule has 2 nitrogen and oxygen atoms in total. The van der Waals surface area contributed by atoms with Crippen molar-refractivity contribution in [2.75, 3.05) is 6.61 Å². The number of hydrogen-bond donors (Lipinski definition) is 1. The average molecular weight is 411 g/mol. The molecule has 2 aromatic carbocycles. The van der Waals surface area contributed by atoms with E-state index in [2.05, 4.69) is 74.4 Å². The maximum Gasteiger partial charge on any atom is 0.127 e. The van der Waals surface area contributed by atoms with Gasteiger partial charge in [0, 0.05) is 33.5 Å². The molecule has 0 radical (unpaired) electrons. The highest BCUT2D eigenvalue weighted by Gasteiger charge is 2.18. The molecule has 2 aromatic rings. The Balaban J connectivity index is 1.75. The molecule has 0 saturated heterocycles. The van der Waals surface area contributed by atoms with Gasteiger partial charge in [-0.15, -0.1) is 0 Å². The second-order valence-corrected chi connectivity index (χ2v) is 7.05. The molecule has 0 aliphatic carbocycles. The van der Waals surface area contributed by atoms with E-state index in [1.54, 1.807) is 0 Å². The Hall–Kier alpha value is -0.840. The van der Waals surface area contributed by atoms with E-state index in [4.69, 9.17) is 4.74 Å². The van der Waals surface area contributed by atoms with Crippen molar-refractivity contribution in [3.8, 4) is 5.75 Å². The number of halogens is 2. The van der Waals surface area contributed by atoms with Gasteiger partial charge in [0.1, 0.15) is 5.75 Å². The third-order valence-electron chi connectivity index (χ3n) is 3.80. The monoisotopic (exact) mass is 409 g/mol. The fourth-order valence-electron chi connectivity index (χ4n) is 2.68. The molecule has 0 saturated carbocycles. The third kappa shape index (κ3) is 3.33. The lowest BCUT2D eigenvalue weighted by Crippen LogP contribution is -2.18. The number of hydrogen-bond acceptors (Lipinski definition) is 2. The fourth-order valence-corrected chi connectivity index (χ4v) is 3.86. The fraction of sp³-hybridized carbons (Fsp3) is 0.294. The number of fused-ring (bicyclic) bond motifs is 1. The van der Waals surface area contributed by atoms with Gasteiger partial charge in [-0.05, 0) is 36.2 Å². The summed E-state index contributed by atoms with van der Waals surface area (Å²) in [7, 11) is 0. The first-order valence-corrected chi connectivity index (χ1v) is 8.65. The summed E-state index contributed by atoms with van der Waals surface area (Å²) in [6.07, 6.45) is 1.00. The SMILES string of the molecule is C[C@H](NCc1cc(Br)cc2c1OCC2)c1ccccc1Br. The van der Waals surface area contributed by atoms with E-state index < -0.39 is 0 Å². The minimum Gasteiger partial charge on any atom is -0.493 e. The van der Waals surface area contributed by atoms with Gasteiger partial charge in [-0.3, -0.25) is 0 Å². The first-order chi connectivity index (χ1) is 10.1. The van der Waals surface area contributed by atoms with Gasteiger partial charge in [0.15, 0.2) is 0 Å². The summed E-state index contributed by atoms with van der Waals surface area (Å²) in [5.74, 6) is 1.06. The van der Waals surface area contributed by atoms with E-state index in [-0.39, 0.29) is 6.04 Å². The number of benzene rings is 2. The zero-order valence-corrected chi connectivity index (χ0v) is 15.0. The normalized spacial score (nSPS) is 14.6. The molecule has 1 aliphatic rings. The number of nitrogens with one attached hydrogen (secondary N) is 1. The molecule has 4 heteroatoms. The highest BCUT2D eigenvalue weighted by molar-refractivity contribution is 9.10. The highest BCUT2D eigenvalue weighted by atomic mass is 79.9. The highest BCUT2D eigenvalue weighted by Crippen LogP contribution is 2.33. The molecule has 1 heterocycles. The van der Waals surface area contributed by atoms with E-state index in [0.29, 0.717) is 0 Å². The lowest BCUT2D eigenvalue weighted by molar-refractivity contribution is 0.351. The first kappa shape index (κ1) is 15.1. The molecule has 1 N–H and O–H groups in total. The second-order valence-electron chi connectivity index (χ2n) is 5.28. The van der Waals surface area contributed by atoms with E-state index in [1.807, 2.05) is 6.07 Å². The van der Waals surface area contributed by atoms with Crippen LogP contribution in [-0.2, 0) is 13.0 Å². The van der Waals surface area contributed by atoms with E-state index >= 15 is 0 Å². The van der Waals surface area contributed by atoms with Crippen LogP contribution < -0.4 is 10.1 Å². The van der Waals surface area contributed by atoms with Crippen molar-refractivity contribution in [2.24, 2.45) is 0 Å². The van der Waals surface area contributed by atoms with Crippen LogP contribution in [0.5, 0.6) is 5.75 Å². The Labute approximate surface area is 142 Å². The molecule has 0 bridgehead atoms. The molecule has 0 aromatic heterocycles. The zero-order valence-electron chi connectivity index (χ0n) is 11.8. The summed E-state index contributed by atoms with van der Waals surface area (Å²) in [6, 6.07) is 12.9. The van der Waals surface area contributed by atoms with Crippen molar-refractivity contribution in [1.82, 2.24) is 5.32 Å². The summed E-state index contributed by atoms with van der Waals surface area (Å²) in [6.45, 7) is 3.77. The van der Waals surface area contributed by atoms with Gasteiger partial charge < -0.3 is 10.1 Å². The zero-order chi connectivity index (χ0) is 14.8. The van der Waals surface area contributed by atoms with Crippen LogP contribution in [0.15, 0.2) is 45.3 Å². The second kappa shape index (κ2) is 6.51. The van der Waals surface area contributed by atoms with E-state index in [1.165, 1.54) is 16.7 Å². The summed E-state index contributed by atoms with van der Waals surface area (Å²) in [4.78, 5) is 0. The van der Waals surface area contributed by atoms with E-state index in [9.17, 15) is 0 Å². The predicted molar refractivity (Wildman–Crippen MR) is 92.7 cm³/mol. The van der Waals surface area contributed by atoms with Crippen LogP contribution in [0.3, 0.4) is 0 Å². The first-order valence-electron chi connectivity index (χ1n) is 7.07. The van der Waals surface area contributed by atoms with Crippen molar-refractivity contribution in [2.45, 2.75) is 25.9 Å². The predicted octanol–water partition coefficient (Wildman–Crippen LogP) is 5.00. The van der Waals surface area contributed by atoms with Crippen LogP contribution in [0, 0.1) is 0 Å². The molecule has 0 amide bonds. The van der Waals surface area contributed by atoms with Crippen molar-refractivity contribution in [3.05, 3.63) is 62.0 Å². The third-order valence-corrected chi connectivity index (χ3v) is 4.98. The quantitative estimate of drug-likeness (QED) is 0.765. The lowest BCUT2D eigenvalue weighted by Gasteiger charge is -2.17. The molecule has 1 aliphatic heterocycles. The molecule has 3 rings (SSSR count). The Morgan fingerprint density at radius 1 is 1.24 bits per heavy atom. The number of rotatable bonds is 4. The van der Waals surface area contributed by atoms with Crippen LogP contribution in [0.25, 0.3) is 0 Å². The number of ether oxygens (including phenoxy) is 1. The maximum atomic E-state index is 5.78. The average Bonchev–Trinajstić information content (AvgIpc) is 2.93. The molecule has 0 spiro atoms. The topological polar surface area (TPSA) is 21.3 Å². The smallest absolute Gasteiger partial charge is 0.127 e. The summed E-state index contributed by atoms with van der Waals surface area (Å²) in [5.41, 5.74) is 3.79. The maximum absolute atomic E-state index is 5.78. The van der Waals surface area contributed by atoms with Crippen LogP contribution in [0.1, 0.15) is 29.7 Å². The van der Waals surface area contributed by atoms with Crippen molar-refractivity contribution in [3.63, 3.8) is 0 Å². The van der Waals surface area contributed by atoms with Gasteiger partial charge in [0.2, 0.25) is 0 Å². The van der Waals surface area contributed by atoms with Gasteiger partial charge >= 0.3 is 0 Å². The summed E-state index contributed by atoms with van der Waals surface area (Å²) < 4.78 is 8.04. The van der Waals surface area contributed by atoms with Gasteiger partial charge in [0.05, 0.1) is 6.61 Å². The molecular weight excluding hydrogens is 394 g/mol. The van der Waals surface area contributed by atoms with Crippen LogP contribution in [-0.4, -0.2) is 6.61 Å². The largest absolute Gasteiger partial charge is 0.493 e. The van der Waals surface area contributed by atoms with Crippen LogP contribution in [0.2, 0.25) is 0 Å². The standard InChI is InChI=1S/C17H17Br2NO/c1-11(15-4-2-3-5-16(15)19)20-10-13-9-14(18)8-12-6-7-21-17(12)13/h2-5,8-9,11,20H,6-7,10H2,1H3/t11-/m0/s1. The molecule has 21 heavy (non-hydrogen) atoms. The summed E-state index contributed by atoms with van der Waals surface area (Å²) >= 11 is 7.20. The Morgan fingerprint density at radius 2 is 2.05 bits per heavy atom. The molecule has 0 fully saturated rings. The molecule has 0 unspecified atom stereocenters. The van der Waals surface area contributed by atoms with Gasteiger partial charge in [-0.25, -0.2) is 0 Å². The van der Waals surface area contributed by atoms with Crippen LogP contribution in [0.4, 0.5) is 0 Å². The molecule has 1 atom stereocenters. The van der Waals surface area contributed by atoms with Gasteiger partial charge in [-0.2, -0.15) is 0 Å². The van der Waals surface area contributed by atoms with Gasteiger partial charge in [-0.1, -0.05) is 50.1 Å². The van der Waals surface area contributed by atoms with Gasteiger partial charge in [0.25, 0.3) is 0 Å². The molecular formula is C17H17Br2NO. The Bertz CT molecular complexity index is 657. The lowest BCUT2D eigenvalue weighted by atomic mass is 10.1. The Morgan fingerprint density at radius 3 is 2.86 bits per heavy atom.